The van der Waals surface area contributed by atoms with E-state index in [2.05, 4.69) is 15.4 Å². The number of nitrogens with zero attached hydrogens (tertiary/aromatic N) is 3. The van der Waals surface area contributed by atoms with E-state index in [1.807, 2.05) is 55.7 Å². The van der Waals surface area contributed by atoms with E-state index >= 15 is 0 Å². The Bertz CT molecular complexity index is 813. The molecule has 0 aliphatic rings. The number of hydrogen-bond donors (Lipinski definition) is 1. The third kappa shape index (κ3) is 4.99. The Labute approximate surface area is 146 Å². The molecule has 1 aromatic carbocycles. The van der Waals surface area contributed by atoms with Gasteiger partial charge in [-0.3, -0.25) is 14.5 Å². The highest BCUT2D eigenvalue weighted by molar-refractivity contribution is 5.77. The van der Waals surface area contributed by atoms with Crippen LogP contribution in [-0.2, 0) is 29.7 Å². The van der Waals surface area contributed by atoms with Crippen LogP contribution >= 0.6 is 0 Å². The van der Waals surface area contributed by atoms with Crippen molar-refractivity contribution in [1.29, 1.82) is 0 Å². The summed E-state index contributed by atoms with van der Waals surface area (Å²) in [5.41, 5.74) is 3.80. The van der Waals surface area contributed by atoms with E-state index in [1.54, 1.807) is 17.1 Å². The van der Waals surface area contributed by atoms with Gasteiger partial charge in [0, 0.05) is 31.5 Å². The van der Waals surface area contributed by atoms with E-state index in [1.165, 1.54) is 0 Å². The van der Waals surface area contributed by atoms with Crippen molar-refractivity contribution in [2.45, 2.75) is 13.2 Å². The summed E-state index contributed by atoms with van der Waals surface area (Å²) in [6, 6.07) is 13.6. The van der Waals surface area contributed by atoms with Crippen molar-refractivity contribution in [3.05, 3.63) is 72.2 Å². The molecule has 0 aliphatic carbocycles. The first-order chi connectivity index (χ1) is 12.2. The molecule has 0 bridgehead atoms. The van der Waals surface area contributed by atoms with Gasteiger partial charge in [-0.15, -0.1) is 0 Å². The van der Waals surface area contributed by atoms with Crippen molar-refractivity contribution in [3.63, 3.8) is 0 Å². The van der Waals surface area contributed by atoms with Gasteiger partial charge in [0.1, 0.15) is 6.61 Å². The Morgan fingerprint density at radius 2 is 1.96 bits per heavy atom. The molecule has 0 saturated carbocycles. The van der Waals surface area contributed by atoms with Crippen molar-refractivity contribution in [2.24, 2.45) is 7.05 Å². The van der Waals surface area contributed by atoms with Crippen LogP contribution in [0, 0.1) is 0 Å². The van der Waals surface area contributed by atoms with Crippen molar-refractivity contribution >= 4 is 5.91 Å². The van der Waals surface area contributed by atoms with Crippen LogP contribution in [0.5, 0.6) is 0 Å². The summed E-state index contributed by atoms with van der Waals surface area (Å²) in [7, 11) is 1.87. The van der Waals surface area contributed by atoms with E-state index < -0.39 is 0 Å². The molecular formula is C19H20N4O2. The molecule has 0 aliphatic heterocycles. The van der Waals surface area contributed by atoms with Gasteiger partial charge < -0.3 is 10.1 Å². The van der Waals surface area contributed by atoms with Crippen molar-refractivity contribution in [3.8, 4) is 11.3 Å². The second-order valence-electron chi connectivity index (χ2n) is 5.71. The molecule has 2 heterocycles. The molecule has 2 aromatic heterocycles. The molecular weight excluding hydrogens is 316 g/mol. The van der Waals surface area contributed by atoms with Crippen LogP contribution in [0.2, 0.25) is 0 Å². The van der Waals surface area contributed by atoms with Crippen LogP contribution in [0.4, 0.5) is 0 Å². The predicted octanol–water partition coefficient (Wildman–Crippen LogP) is 2.32. The van der Waals surface area contributed by atoms with E-state index in [-0.39, 0.29) is 12.5 Å². The van der Waals surface area contributed by atoms with E-state index in [0.717, 1.165) is 22.4 Å². The Hall–Kier alpha value is -2.99. The molecule has 0 radical (unpaired) electrons. The third-order valence-electron chi connectivity index (χ3n) is 3.66. The first-order valence-corrected chi connectivity index (χ1v) is 8.03. The summed E-state index contributed by atoms with van der Waals surface area (Å²) >= 11 is 0. The number of nitrogens with one attached hydrogen (secondary N) is 1. The zero-order valence-corrected chi connectivity index (χ0v) is 14.1. The van der Waals surface area contributed by atoms with Gasteiger partial charge in [-0.25, -0.2) is 0 Å². The highest BCUT2D eigenvalue weighted by atomic mass is 16.5. The smallest absolute Gasteiger partial charge is 0.246 e. The van der Waals surface area contributed by atoms with Gasteiger partial charge in [0.05, 0.1) is 18.5 Å². The Kier molecular flexibility index (Phi) is 5.53. The summed E-state index contributed by atoms with van der Waals surface area (Å²) in [4.78, 5) is 16.2. The van der Waals surface area contributed by atoms with Crippen LogP contribution in [0.25, 0.3) is 11.3 Å². The number of hydrogen-bond acceptors (Lipinski definition) is 4. The number of aromatic nitrogens is 3. The molecule has 0 unspecified atom stereocenters. The normalized spacial score (nSPS) is 10.6. The largest absolute Gasteiger partial charge is 0.367 e. The predicted molar refractivity (Wildman–Crippen MR) is 94.4 cm³/mol. The lowest BCUT2D eigenvalue weighted by molar-refractivity contribution is -0.126. The molecule has 1 amide bonds. The highest BCUT2D eigenvalue weighted by Gasteiger charge is 2.04. The van der Waals surface area contributed by atoms with Crippen molar-refractivity contribution < 1.29 is 9.53 Å². The van der Waals surface area contributed by atoms with Gasteiger partial charge in [-0.05, 0) is 17.2 Å². The number of ether oxygens (including phenoxy) is 1. The van der Waals surface area contributed by atoms with Gasteiger partial charge in [-0.1, -0.05) is 36.4 Å². The fourth-order valence-electron chi connectivity index (χ4n) is 2.34. The lowest BCUT2D eigenvalue weighted by Gasteiger charge is -2.07. The van der Waals surface area contributed by atoms with Gasteiger partial charge >= 0.3 is 0 Å². The molecule has 3 aromatic rings. The van der Waals surface area contributed by atoms with E-state index in [4.69, 9.17) is 4.74 Å². The SMILES string of the molecule is Cn1cc(-c2ccc(CNC(=O)COCc3ccccc3)cn2)cn1. The maximum Gasteiger partial charge on any atom is 0.246 e. The first-order valence-electron chi connectivity index (χ1n) is 8.03. The second kappa shape index (κ2) is 8.21. The second-order valence-corrected chi connectivity index (χ2v) is 5.71. The van der Waals surface area contributed by atoms with Crippen LogP contribution in [-0.4, -0.2) is 27.3 Å². The minimum absolute atomic E-state index is 0.0378. The lowest BCUT2D eigenvalue weighted by atomic mass is 10.2. The molecule has 6 heteroatoms. The number of rotatable bonds is 7. The molecule has 0 atom stereocenters. The Balaban J connectivity index is 1.42. The number of aryl methyl sites for hydroxylation is 1. The number of pyridine rings is 1. The lowest BCUT2D eigenvalue weighted by Crippen LogP contribution is -2.27. The van der Waals surface area contributed by atoms with Crippen LogP contribution in [0.15, 0.2) is 61.1 Å². The quantitative estimate of drug-likeness (QED) is 0.719. The van der Waals surface area contributed by atoms with Gasteiger partial charge in [0.2, 0.25) is 5.91 Å². The molecule has 1 N–H and O–H groups in total. The van der Waals surface area contributed by atoms with Gasteiger partial charge in [-0.2, -0.15) is 5.10 Å². The topological polar surface area (TPSA) is 69.0 Å². The minimum Gasteiger partial charge on any atom is -0.367 e. The average molecular weight is 336 g/mol. The first kappa shape index (κ1) is 16.9. The zero-order chi connectivity index (χ0) is 17.5. The van der Waals surface area contributed by atoms with Gasteiger partial charge in [0.25, 0.3) is 0 Å². The highest BCUT2D eigenvalue weighted by Crippen LogP contribution is 2.15. The fraction of sp³-hybridized carbons (Fsp3) is 0.211. The maximum atomic E-state index is 11.8. The molecule has 25 heavy (non-hydrogen) atoms. The van der Waals surface area contributed by atoms with Crippen LogP contribution in [0.1, 0.15) is 11.1 Å². The summed E-state index contributed by atoms with van der Waals surface area (Å²) in [5.74, 6) is -0.146. The molecule has 128 valence electrons. The molecule has 0 saturated heterocycles. The minimum atomic E-state index is -0.146. The molecule has 3 rings (SSSR count). The summed E-state index contributed by atoms with van der Waals surface area (Å²) < 4.78 is 7.15. The third-order valence-corrected chi connectivity index (χ3v) is 3.66. The number of carbonyl (C=O) groups excluding carboxylic acids is 1. The zero-order valence-electron chi connectivity index (χ0n) is 14.1. The van der Waals surface area contributed by atoms with Crippen molar-refractivity contribution in [2.75, 3.05) is 6.61 Å². The maximum absolute atomic E-state index is 11.8. The number of carbonyl (C=O) groups is 1. The monoisotopic (exact) mass is 336 g/mol. The average Bonchev–Trinajstić information content (AvgIpc) is 3.08. The van der Waals surface area contributed by atoms with E-state index in [0.29, 0.717) is 13.2 Å². The fourth-order valence-corrected chi connectivity index (χ4v) is 2.34. The van der Waals surface area contributed by atoms with Crippen LogP contribution in [0.3, 0.4) is 0 Å². The number of benzene rings is 1. The summed E-state index contributed by atoms with van der Waals surface area (Å²) in [5, 5.41) is 6.96. The molecule has 0 spiro atoms. The Morgan fingerprint density at radius 3 is 2.64 bits per heavy atom. The standard InChI is InChI=1S/C19H20N4O2/c1-23-12-17(11-22-23)18-8-7-16(9-20-18)10-21-19(24)14-25-13-15-5-3-2-4-6-15/h2-9,11-12H,10,13-14H2,1H3,(H,21,24). The summed E-state index contributed by atoms with van der Waals surface area (Å²) in [6.07, 6.45) is 5.44. The number of amides is 1. The van der Waals surface area contributed by atoms with Crippen LogP contribution < -0.4 is 5.32 Å². The van der Waals surface area contributed by atoms with E-state index in [9.17, 15) is 4.79 Å². The Morgan fingerprint density at radius 1 is 1.12 bits per heavy atom. The summed E-state index contributed by atoms with van der Waals surface area (Å²) in [6.45, 7) is 0.888. The van der Waals surface area contributed by atoms with Gasteiger partial charge in [0.15, 0.2) is 0 Å². The molecule has 0 fully saturated rings. The van der Waals surface area contributed by atoms with Crippen molar-refractivity contribution in [1.82, 2.24) is 20.1 Å². The molecule has 6 nitrogen and oxygen atoms in total.